The van der Waals surface area contributed by atoms with E-state index in [1.54, 1.807) is 19.0 Å². The Morgan fingerprint density at radius 1 is 1.14 bits per heavy atom. The minimum absolute atomic E-state index is 0.0573. The Balaban J connectivity index is 1.91. The Hall–Kier alpha value is -1.97. The molecule has 1 saturated carbocycles. The first kappa shape index (κ1) is 14.9. The molecule has 2 aliphatic rings. The molecule has 4 nitrogen and oxygen atoms in total. The molecule has 4 heteroatoms. The molecule has 0 radical (unpaired) electrons. The standard InChI is InChI=1S/C18H23NO3/c1-19(2)17(20)12-16-18(13-8-4-3-5-9-13)22-15-11-7-6-10-14(15)21-16/h6-7,10-11,16H,3-5,8-9,12H2,1-2H3. The molecule has 1 unspecified atom stereocenters. The third kappa shape index (κ3) is 3.11. The van der Waals surface area contributed by atoms with Crippen molar-refractivity contribution in [3.8, 4) is 11.5 Å². The van der Waals surface area contributed by atoms with Crippen molar-refractivity contribution in [1.29, 1.82) is 0 Å². The first-order valence-electron chi connectivity index (χ1n) is 8.01. The van der Waals surface area contributed by atoms with Gasteiger partial charge in [0.1, 0.15) is 5.76 Å². The summed E-state index contributed by atoms with van der Waals surface area (Å²) in [7, 11) is 3.54. The van der Waals surface area contributed by atoms with Crippen molar-refractivity contribution < 1.29 is 14.3 Å². The number of rotatable bonds is 2. The van der Waals surface area contributed by atoms with E-state index in [1.807, 2.05) is 24.3 Å². The molecule has 1 fully saturated rings. The predicted octanol–water partition coefficient (Wildman–Crippen LogP) is 3.52. The maximum Gasteiger partial charge on any atom is 0.226 e. The number of fused-ring (bicyclic) bond motifs is 1. The summed E-state index contributed by atoms with van der Waals surface area (Å²) in [4.78, 5) is 13.7. The van der Waals surface area contributed by atoms with Gasteiger partial charge in [0.15, 0.2) is 17.6 Å². The number of carbonyl (C=O) groups is 1. The third-order valence-electron chi connectivity index (χ3n) is 4.30. The lowest BCUT2D eigenvalue weighted by Gasteiger charge is -2.32. The number of amides is 1. The number of carbonyl (C=O) groups excluding carboxylic acids is 1. The minimum atomic E-state index is -0.307. The van der Waals surface area contributed by atoms with E-state index >= 15 is 0 Å². The van der Waals surface area contributed by atoms with Crippen molar-refractivity contribution in [3.63, 3.8) is 0 Å². The van der Waals surface area contributed by atoms with Gasteiger partial charge in [0.2, 0.25) is 5.91 Å². The van der Waals surface area contributed by atoms with E-state index in [1.165, 1.54) is 24.8 Å². The molecule has 1 aromatic rings. The number of hydrogen-bond acceptors (Lipinski definition) is 3. The van der Waals surface area contributed by atoms with E-state index in [-0.39, 0.29) is 12.0 Å². The zero-order valence-electron chi connectivity index (χ0n) is 13.3. The second-order valence-corrected chi connectivity index (χ2v) is 6.18. The molecule has 1 amide bonds. The molecular formula is C18H23NO3. The number of benzene rings is 1. The SMILES string of the molecule is CN(C)C(=O)CC1Oc2ccccc2OC1=C1CCCCC1. The predicted molar refractivity (Wildman–Crippen MR) is 84.9 cm³/mol. The van der Waals surface area contributed by atoms with Crippen molar-refractivity contribution >= 4 is 5.91 Å². The van der Waals surface area contributed by atoms with E-state index in [0.29, 0.717) is 6.42 Å². The largest absolute Gasteiger partial charge is 0.478 e. The number of para-hydroxylation sites is 2. The molecule has 0 saturated heterocycles. The van der Waals surface area contributed by atoms with Gasteiger partial charge in [-0.05, 0) is 43.4 Å². The third-order valence-corrected chi connectivity index (χ3v) is 4.30. The van der Waals surface area contributed by atoms with Crippen LogP contribution in [0.3, 0.4) is 0 Å². The van der Waals surface area contributed by atoms with Gasteiger partial charge in [-0.1, -0.05) is 18.6 Å². The van der Waals surface area contributed by atoms with Crippen LogP contribution in [0.2, 0.25) is 0 Å². The van der Waals surface area contributed by atoms with Crippen LogP contribution in [-0.4, -0.2) is 31.0 Å². The molecule has 1 heterocycles. The highest BCUT2D eigenvalue weighted by Crippen LogP contribution is 2.39. The minimum Gasteiger partial charge on any atom is -0.478 e. The van der Waals surface area contributed by atoms with Gasteiger partial charge >= 0.3 is 0 Å². The van der Waals surface area contributed by atoms with Gasteiger partial charge in [-0.3, -0.25) is 4.79 Å². The summed E-state index contributed by atoms with van der Waals surface area (Å²) >= 11 is 0. The smallest absolute Gasteiger partial charge is 0.226 e. The first-order chi connectivity index (χ1) is 10.6. The second kappa shape index (κ2) is 6.42. The lowest BCUT2D eigenvalue weighted by atomic mass is 9.91. The van der Waals surface area contributed by atoms with Crippen LogP contribution in [0, 0.1) is 0 Å². The number of ether oxygens (including phenoxy) is 2. The van der Waals surface area contributed by atoms with Crippen molar-refractivity contribution in [1.82, 2.24) is 4.90 Å². The molecule has 3 rings (SSSR count). The highest BCUT2D eigenvalue weighted by molar-refractivity contribution is 5.76. The summed E-state index contributed by atoms with van der Waals surface area (Å²) in [5, 5.41) is 0. The Labute approximate surface area is 131 Å². The van der Waals surface area contributed by atoms with Crippen LogP contribution in [0.1, 0.15) is 38.5 Å². The number of nitrogens with zero attached hydrogens (tertiary/aromatic N) is 1. The molecule has 118 valence electrons. The average Bonchev–Trinajstić information content (AvgIpc) is 2.55. The van der Waals surface area contributed by atoms with E-state index in [9.17, 15) is 4.79 Å². The molecule has 1 aliphatic carbocycles. The lowest BCUT2D eigenvalue weighted by molar-refractivity contribution is -0.130. The van der Waals surface area contributed by atoms with Gasteiger partial charge in [0.25, 0.3) is 0 Å². The number of allylic oxidation sites excluding steroid dienone is 1. The summed E-state index contributed by atoms with van der Waals surface area (Å²) in [5.74, 6) is 2.40. The summed E-state index contributed by atoms with van der Waals surface area (Å²) in [5.41, 5.74) is 1.32. The van der Waals surface area contributed by atoms with Crippen LogP contribution < -0.4 is 9.47 Å². The summed E-state index contributed by atoms with van der Waals surface area (Å²) in [6, 6.07) is 7.68. The summed E-state index contributed by atoms with van der Waals surface area (Å²) in [6.07, 6.45) is 5.77. The molecule has 22 heavy (non-hydrogen) atoms. The molecule has 1 aliphatic heterocycles. The van der Waals surface area contributed by atoms with Gasteiger partial charge in [0.05, 0.1) is 6.42 Å². The average molecular weight is 301 g/mol. The van der Waals surface area contributed by atoms with Crippen LogP contribution >= 0.6 is 0 Å². The van der Waals surface area contributed by atoms with Crippen LogP contribution in [0.15, 0.2) is 35.6 Å². The van der Waals surface area contributed by atoms with Crippen molar-refractivity contribution in [2.24, 2.45) is 0 Å². The molecule has 0 bridgehead atoms. The van der Waals surface area contributed by atoms with Crippen LogP contribution in [0.5, 0.6) is 11.5 Å². The van der Waals surface area contributed by atoms with Gasteiger partial charge in [-0.25, -0.2) is 0 Å². The molecule has 0 aromatic heterocycles. The fraction of sp³-hybridized carbons (Fsp3) is 0.500. The Morgan fingerprint density at radius 2 is 1.82 bits per heavy atom. The molecule has 1 aromatic carbocycles. The van der Waals surface area contributed by atoms with Crippen molar-refractivity contribution in [2.75, 3.05) is 14.1 Å². The molecule has 1 atom stereocenters. The fourth-order valence-corrected chi connectivity index (χ4v) is 3.02. The summed E-state index contributed by atoms with van der Waals surface area (Å²) in [6.45, 7) is 0. The Bertz CT molecular complexity index is 584. The molecular weight excluding hydrogens is 278 g/mol. The molecule has 0 spiro atoms. The number of hydrogen-bond donors (Lipinski definition) is 0. The molecule has 0 N–H and O–H groups in total. The van der Waals surface area contributed by atoms with E-state index in [0.717, 1.165) is 30.1 Å². The van der Waals surface area contributed by atoms with Gasteiger partial charge < -0.3 is 14.4 Å². The van der Waals surface area contributed by atoms with Gasteiger partial charge in [-0.2, -0.15) is 0 Å². The van der Waals surface area contributed by atoms with Crippen LogP contribution in [0.4, 0.5) is 0 Å². The first-order valence-corrected chi connectivity index (χ1v) is 8.01. The second-order valence-electron chi connectivity index (χ2n) is 6.18. The Kier molecular flexibility index (Phi) is 4.36. The summed E-state index contributed by atoms with van der Waals surface area (Å²) < 4.78 is 12.2. The highest BCUT2D eigenvalue weighted by atomic mass is 16.6. The van der Waals surface area contributed by atoms with Crippen LogP contribution in [0.25, 0.3) is 0 Å². The zero-order chi connectivity index (χ0) is 15.5. The zero-order valence-corrected chi connectivity index (χ0v) is 13.3. The van der Waals surface area contributed by atoms with Gasteiger partial charge in [0, 0.05) is 14.1 Å². The maximum absolute atomic E-state index is 12.1. The Morgan fingerprint density at radius 3 is 2.50 bits per heavy atom. The monoisotopic (exact) mass is 301 g/mol. The van der Waals surface area contributed by atoms with E-state index < -0.39 is 0 Å². The topological polar surface area (TPSA) is 38.8 Å². The fourth-order valence-electron chi connectivity index (χ4n) is 3.02. The van der Waals surface area contributed by atoms with E-state index in [2.05, 4.69) is 0 Å². The normalized spacial score (nSPS) is 20.7. The quantitative estimate of drug-likeness (QED) is 0.839. The van der Waals surface area contributed by atoms with Crippen molar-refractivity contribution in [3.05, 3.63) is 35.6 Å². The van der Waals surface area contributed by atoms with Crippen LogP contribution in [-0.2, 0) is 4.79 Å². The lowest BCUT2D eigenvalue weighted by Crippen LogP contribution is -2.35. The highest BCUT2D eigenvalue weighted by Gasteiger charge is 2.31. The van der Waals surface area contributed by atoms with Crippen molar-refractivity contribution in [2.45, 2.75) is 44.6 Å². The van der Waals surface area contributed by atoms with Gasteiger partial charge in [-0.15, -0.1) is 0 Å². The van der Waals surface area contributed by atoms with E-state index in [4.69, 9.17) is 9.47 Å². The maximum atomic E-state index is 12.1.